The van der Waals surface area contributed by atoms with Gasteiger partial charge in [0.15, 0.2) is 22.1 Å². The number of fused-ring (bicyclic) bond motifs is 2. The third-order valence-corrected chi connectivity index (χ3v) is 7.09. The van der Waals surface area contributed by atoms with E-state index < -0.39 is 11.9 Å². The second-order valence-corrected chi connectivity index (χ2v) is 9.26. The maximum atomic E-state index is 13.7. The molecule has 1 aliphatic heterocycles. The summed E-state index contributed by atoms with van der Waals surface area (Å²) >= 11 is 7.53. The third-order valence-electron chi connectivity index (χ3n) is 5.78. The van der Waals surface area contributed by atoms with E-state index in [4.69, 9.17) is 25.5 Å². The molecule has 0 saturated heterocycles. The average molecular weight is 483 g/mol. The monoisotopic (exact) mass is 482 g/mol. The summed E-state index contributed by atoms with van der Waals surface area (Å²) < 4.78 is 16.8. The number of hydrogen-bond donors (Lipinski definition) is 0. The van der Waals surface area contributed by atoms with E-state index in [1.807, 2.05) is 13.8 Å². The van der Waals surface area contributed by atoms with Gasteiger partial charge in [-0.3, -0.25) is 14.5 Å². The first-order valence-electron chi connectivity index (χ1n) is 10.1. The van der Waals surface area contributed by atoms with Crippen molar-refractivity contribution in [1.82, 2.24) is 4.98 Å². The summed E-state index contributed by atoms with van der Waals surface area (Å²) in [6.45, 7) is 3.82. The van der Waals surface area contributed by atoms with Crippen molar-refractivity contribution in [3.8, 4) is 11.5 Å². The summed E-state index contributed by atoms with van der Waals surface area (Å²) in [6, 6.07) is 9.32. The van der Waals surface area contributed by atoms with Crippen LogP contribution in [0.2, 0.25) is 5.02 Å². The fourth-order valence-electron chi connectivity index (χ4n) is 4.04. The van der Waals surface area contributed by atoms with Crippen LogP contribution in [0.1, 0.15) is 38.3 Å². The highest BCUT2D eigenvalue weighted by Crippen LogP contribution is 2.44. The lowest BCUT2D eigenvalue weighted by Crippen LogP contribution is -2.29. The molecule has 2 aromatic carbocycles. The number of ether oxygens (including phenoxy) is 2. The Morgan fingerprint density at radius 2 is 1.82 bits per heavy atom. The second-order valence-electron chi connectivity index (χ2n) is 7.64. The van der Waals surface area contributed by atoms with Crippen molar-refractivity contribution in [1.29, 1.82) is 0 Å². The molecule has 0 bridgehead atoms. The lowest BCUT2D eigenvalue weighted by atomic mass is 9.98. The van der Waals surface area contributed by atoms with Crippen LogP contribution >= 0.6 is 22.9 Å². The van der Waals surface area contributed by atoms with E-state index in [1.165, 1.54) is 23.3 Å². The Morgan fingerprint density at radius 3 is 2.48 bits per heavy atom. The summed E-state index contributed by atoms with van der Waals surface area (Å²) in [5, 5.41) is 1.21. The quantitative estimate of drug-likeness (QED) is 0.393. The van der Waals surface area contributed by atoms with Crippen molar-refractivity contribution in [3.05, 3.63) is 79.1 Å². The molecule has 7 nitrogen and oxygen atoms in total. The van der Waals surface area contributed by atoms with Crippen LogP contribution in [0.4, 0.5) is 5.13 Å². The zero-order valence-electron chi connectivity index (χ0n) is 18.3. The Hall–Kier alpha value is -3.36. The fraction of sp³-hybridized carbons (Fsp3) is 0.208. The molecule has 1 aliphatic rings. The van der Waals surface area contributed by atoms with Crippen LogP contribution in [0.5, 0.6) is 11.5 Å². The molecule has 0 unspecified atom stereocenters. The SMILES string of the molecule is COc1ccc([C@H]2c3c(oc4ccc(Cl)cc4c3=O)C(=O)N2c2nc(C)c(C)s2)cc1OC. The molecule has 3 heterocycles. The van der Waals surface area contributed by atoms with Crippen LogP contribution < -0.4 is 19.8 Å². The summed E-state index contributed by atoms with van der Waals surface area (Å²) in [5.74, 6) is 0.596. The van der Waals surface area contributed by atoms with E-state index in [9.17, 15) is 9.59 Å². The molecular formula is C24H19ClN2O5S. The summed E-state index contributed by atoms with van der Waals surface area (Å²) in [7, 11) is 3.08. The van der Waals surface area contributed by atoms with Gasteiger partial charge in [0.2, 0.25) is 5.76 Å². The van der Waals surface area contributed by atoms with E-state index in [-0.39, 0.29) is 16.8 Å². The number of nitrogens with zero attached hydrogens (tertiary/aromatic N) is 2. The molecular weight excluding hydrogens is 464 g/mol. The number of carbonyl (C=O) groups excluding carboxylic acids is 1. The third kappa shape index (κ3) is 3.29. The Kier molecular flexibility index (Phi) is 5.14. The van der Waals surface area contributed by atoms with Crippen molar-refractivity contribution in [2.75, 3.05) is 19.1 Å². The van der Waals surface area contributed by atoms with Gasteiger partial charge in [0, 0.05) is 9.90 Å². The van der Waals surface area contributed by atoms with Gasteiger partial charge in [-0.1, -0.05) is 17.7 Å². The molecule has 0 aliphatic carbocycles. The Labute approximate surface area is 198 Å². The Balaban J connectivity index is 1.82. The number of carbonyl (C=O) groups is 1. The van der Waals surface area contributed by atoms with Gasteiger partial charge >= 0.3 is 0 Å². The number of amides is 1. The van der Waals surface area contributed by atoms with E-state index in [0.717, 1.165) is 10.6 Å². The first kappa shape index (κ1) is 21.5. The topological polar surface area (TPSA) is 81.9 Å². The lowest BCUT2D eigenvalue weighted by Gasteiger charge is -2.23. The van der Waals surface area contributed by atoms with Crippen molar-refractivity contribution in [3.63, 3.8) is 0 Å². The number of anilines is 1. The predicted octanol–water partition coefficient (Wildman–Crippen LogP) is 5.29. The second kappa shape index (κ2) is 7.90. The minimum absolute atomic E-state index is 0.000105. The van der Waals surface area contributed by atoms with Crippen LogP contribution in [-0.4, -0.2) is 25.1 Å². The molecule has 2 aromatic heterocycles. The average Bonchev–Trinajstić information content (AvgIpc) is 3.29. The van der Waals surface area contributed by atoms with Crippen molar-refractivity contribution in [2.24, 2.45) is 0 Å². The maximum absolute atomic E-state index is 13.7. The highest BCUT2D eigenvalue weighted by molar-refractivity contribution is 7.15. The van der Waals surface area contributed by atoms with Crippen LogP contribution in [0.15, 0.2) is 45.6 Å². The number of aromatic nitrogens is 1. The maximum Gasteiger partial charge on any atom is 0.297 e. The molecule has 0 saturated carbocycles. The van der Waals surface area contributed by atoms with Gasteiger partial charge in [-0.05, 0) is 49.7 Å². The number of halogens is 1. The van der Waals surface area contributed by atoms with Crippen molar-refractivity contribution in [2.45, 2.75) is 19.9 Å². The van der Waals surface area contributed by atoms with Gasteiger partial charge in [-0.15, -0.1) is 11.3 Å². The molecule has 5 rings (SSSR count). The normalized spacial score (nSPS) is 15.2. The van der Waals surface area contributed by atoms with Crippen LogP contribution in [0, 0.1) is 13.8 Å². The lowest BCUT2D eigenvalue weighted by molar-refractivity contribution is 0.0971. The molecule has 1 amide bonds. The van der Waals surface area contributed by atoms with Crippen LogP contribution in [0.3, 0.4) is 0 Å². The van der Waals surface area contributed by atoms with Crippen molar-refractivity contribution < 1.29 is 18.7 Å². The van der Waals surface area contributed by atoms with E-state index in [1.54, 1.807) is 43.5 Å². The minimum atomic E-state index is -0.753. The number of thiazole rings is 1. The minimum Gasteiger partial charge on any atom is -0.493 e. The molecule has 0 spiro atoms. The molecule has 0 N–H and O–H groups in total. The molecule has 0 radical (unpaired) electrons. The van der Waals surface area contributed by atoms with E-state index in [2.05, 4.69) is 4.98 Å². The Bertz CT molecular complexity index is 1470. The van der Waals surface area contributed by atoms with E-state index >= 15 is 0 Å². The summed E-state index contributed by atoms with van der Waals surface area (Å²) in [5.41, 5.74) is 1.72. The van der Waals surface area contributed by atoms with Gasteiger partial charge in [-0.25, -0.2) is 4.98 Å². The highest BCUT2D eigenvalue weighted by atomic mass is 35.5. The first-order chi connectivity index (χ1) is 15.8. The zero-order chi connectivity index (χ0) is 23.4. The van der Waals surface area contributed by atoms with E-state index in [0.29, 0.717) is 38.2 Å². The summed E-state index contributed by atoms with van der Waals surface area (Å²) in [6.07, 6.45) is 0. The number of methoxy groups -OCH3 is 2. The molecule has 168 valence electrons. The number of benzene rings is 2. The number of hydrogen-bond acceptors (Lipinski definition) is 7. The zero-order valence-corrected chi connectivity index (χ0v) is 19.8. The van der Waals surface area contributed by atoms with Gasteiger partial charge < -0.3 is 13.9 Å². The van der Waals surface area contributed by atoms with Gasteiger partial charge in [0.05, 0.1) is 36.9 Å². The van der Waals surface area contributed by atoms with Crippen LogP contribution in [0.25, 0.3) is 11.0 Å². The molecule has 33 heavy (non-hydrogen) atoms. The highest BCUT2D eigenvalue weighted by Gasteiger charge is 2.45. The predicted molar refractivity (Wildman–Crippen MR) is 127 cm³/mol. The number of rotatable bonds is 4. The van der Waals surface area contributed by atoms with Crippen LogP contribution in [-0.2, 0) is 0 Å². The molecule has 9 heteroatoms. The first-order valence-corrected chi connectivity index (χ1v) is 11.3. The van der Waals surface area contributed by atoms with Gasteiger partial charge in [0.25, 0.3) is 5.91 Å². The Morgan fingerprint density at radius 1 is 1.06 bits per heavy atom. The van der Waals surface area contributed by atoms with Crippen molar-refractivity contribution >= 4 is 44.9 Å². The van der Waals surface area contributed by atoms with Gasteiger partial charge in [-0.2, -0.15) is 0 Å². The molecule has 0 fully saturated rings. The molecule has 4 aromatic rings. The summed E-state index contributed by atoms with van der Waals surface area (Å²) in [4.78, 5) is 34.4. The fourth-order valence-corrected chi connectivity index (χ4v) is 5.15. The van der Waals surface area contributed by atoms with Gasteiger partial charge in [0.1, 0.15) is 5.58 Å². The standard InChI is InChI=1S/C24H19ClN2O5S/c1-11-12(2)33-24(26-11)27-20(13-5-7-17(30-3)18(9-13)31-4)19-21(28)15-10-14(25)6-8-16(15)32-22(19)23(27)29/h5-10,20H,1-4H3/t20-/m0/s1. The smallest absolute Gasteiger partial charge is 0.297 e. The largest absolute Gasteiger partial charge is 0.493 e. The number of aryl methyl sites for hydroxylation is 2. The molecule has 1 atom stereocenters.